The van der Waals surface area contributed by atoms with Gasteiger partial charge in [0.05, 0.1) is 6.61 Å². The lowest BCUT2D eigenvalue weighted by atomic mass is 10.1. The lowest BCUT2D eigenvalue weighted by Crippen LogP contribution is -2.43. The Morgan fingerprint density at radius 2 is 1.84 bits per heavy atom. The molecule has 0 aliphatic rings. The number of hydrogen-bond acceptors (Lipinski definition) is 3. The van der Waals surface area contributed by atoms with Crippen molar-refractivity contribution in [3.05, 3.63) is 77.4 Å². The molecule has 2 N–H and O–H groups in total. The summed E-state index contributed by atoms with van der Waals surface area (Å²) in [6.07, 6.45) is 3.20. The summed E-state index contributed by atoms with van der Waals surface area (Å²) < 4.78 is 0. The number of nitrogens with zero attached hydrogens (tertiary/aromatic N) is 1. The highest BCUT2D eigenvalue weighted by atomic mass is 32.1. The zero-order chi connectivity index (χ0) is 18.1. The molecule has 0 aliphatic carbocycles. The Balaban J connectivity index is 1.94. The predicted molar refractivity (Wildman–Crippen MR) is 105 cm³/mol. The van der Waals surface area contributed by atoms with Crippen molar-refractivity contribution in [2.24, 2.45) is 0 Å². The van der Waals surface area contributed by atoms with Crippen LogP contribution in [0.2, 0.25) is 0 Å². The molecule has 2 aromatic rings. The minimum absolute atomic E-state index is 0.0396. The molecule has 5 heteroatoms. The van der Waals surface area contributed by atoms with Gasteiger partial charge >= 0.3 is 0 Å². The summed E-state index contributed by atoms with van der Waals surface area (Å²) in [6, 6.07) is 17.7. The maximum Gasteiger partial charge on any atom is 0.250 e. The SMILES string of the molecule is Cc1ccc(C=CC(=O)NC(=S)N(CCO)Cc2ccccc2)cc1. The van der Waals surface area contributed by atoms with Crippen LogP contribution in [0, 0.1) is 6.92 Å². The van der Waals surface area contributed by atoms with E-state index >= 15 is 0 Å². The van der Waals surface area contributed by atoms with Crippen molar-refractivity contribution in [1.82, 2.24) is 10.2 Å². The van der Waals surface area contributed by atoms with Gasteiger partial charge in [0.15, 0.2) is 5.11 Å². The number of benzene rings is 2. The van der Waals surface area contributed by atoms with Gasteiger partial charge in [0.2, 0.25) is 5.91 Å². The molecule has 0 radical (unpaired) electrons. The van der Waals surface area contributed by atoms with E-state index in [1.165, 1.54) is 11.6 Å². The average Bonchev–Trinajstić information content (AvgIpc) is 2.62. The van der Waals surface area contributed by atoms with Gasteiger partial charge in [-0.1, -0.05) is 60.2 Å². The van der Waals surface area contributed by atoms with E-state index in [0.717, 1.165) is 11.1 Å². The first kappa shape index (κ1) is 18.8. The normalized spacial score (nSPS) is 10.6. The van der Waals surface area contributed by atoms with Crippen LogP contribution in [0.1, 0.15) is 16.7 Å². The van der Waals surface area contributed by atoms with Crippen LogP contribution >= 0.6 is 12.2 Å². The van der Waals surface area contributed by atoms with Crippen molar-refractivity contribution in [2.45, 2.75) is 13.5 Å². The van der Waals surface area contributed by atoms with Crippen LogP contribution in [0.15, 0.2) is 60.7 Å². The van der Waals surface area contributed by atoms with Crippen LogP contribution in [-0.2, 0) is 11.3 Å². The fourth-order valence-electron chi connectivity index (χ4n) is 2.25. The molecule has 0 saturated heterocycles. The van der Waals surface area contributed by atoms with Crippen molar-refractivity contribution in [3.63, 3.8) is 0 Å². The third-order valence-corrected chi connectivity index (χ3v) is 3.97. The summed E-state index contributed by atoms with van der Waals surface area (Å²) in [6.45, 7) is 2.86. The number of carbonyl (C=O) groups excluding carboxylic acids is 1. The molecule has 0 bridgehead atoms. The summed E-state index contributed by atoms with van der Waals surface area (Å²) in [4.78, 5) is 13.8. The molecule has 25 heavy (non-hydrogen) atoms. The van der Waals surface area contributed by atoms with Crippen LogP contribution in [0.3, 0.4) is 0 Å². The molecule has 0 atom stereocenters. The van der Waals surface area contributed by atoms with Crippen molar-refractivity contribution in [3.8, 4) is 0 Å². The largest absolute Gasteiger partial charge is 0.395 e. The van der Waals surface area contributed by atoms with Crippen LogP contribution in [-0.4, -0.2) is 34.2 Å². The van der Waals surface area contributed by atoms with E-state index in [1.54, 1.807) is 11.0 Å². The second-order valence-electron chi connectivity index (χ2n) is 5.67. The first-order valence-corrected chi connectivity index (χ1v) is 8.49. The third-order valence-electron chi connectivity index (χ3n) is 3.61. The van der Waals surface area contributed by atoms with Gasteiger partial charge in [-0.15, -0.1) is 0 Å². The minimum Gasteiger partial charge on any atom is -0.395 e. The van der Waals surface area contributed by atoms with Crippen LogP contribution in [0.25, 0.3) is 6.08 Å². The number of amides is 1. The number of aryl methyl sites for hydroxylation is 1. The molecule has 0 heterocycles. The molecule has 1 amide bonds. The van der Waals surface area contributed by atoms with Crippen LogP contribution in [0.5, 0.6) is 0 Å². The first-order valence-electron chi connectivity index (χ1n) is 8.08. The molecule has 0 spiro atoms. The zero-order valence-electron chi connectivity index (χ0n) is 14.2. The van der Waals surface area contributed by atoms with Crippen molar-refractivity contribution in [2.75, 3.05) is 13.2 Å². The standard InChI is InChI=1S/C20H22N2O2S/c1-16-7-9-17(10-8-16)11-12-19(24)21-20(25)22(13-14-23)15-18-5-3-2-4-6-18/h2-12,23H,13-15H2,1H3,(H,21,24,25). The second kappa shape index (κ2) is 9.71. The highest BCUT2D eigenvalue weighted by molar-refractivity contribution is 7.80. The summed E-state index contributed by atoms with van der Waals surface area (Å²) in [5, 5.41) is 12.2. The highest BCUT2D eigenvalue weighted by Gasteiger charge is 2.11. The number of nitrogens with one attached hydrogen (secondary N) is 1. The molecule has 0 unspecified atom stereocenters. The summed E-state index contributed by atoms with van der Waals surface area (Å²) in [7, 11) is 0. The second-order valence-corrected chi connectivity index (χ2v) is 6.06. The maximum atomic E-state index is 12.1. The van der Waals surface area contributed by atoms with E-state index in [0.29, 0.717) is 18.2 Å². The van der Waals surface area contributed by atoms with Crippen molar-refractivity contribution >= 4 is 29.3 Å². The average molecular weight is 354 g/mol. The maximum absolute atomic E-state index is 12.1. The molecule has 0 fully saturated rings. The van der Waals surface area contributed by atoms with E-state index in [4.69, 9.17) is 12.2 Å². The molecule has 0 saturated carbocycles. The van der Waals surface area contributed by atoms with Gasteiger partial charge in [0.25, 0.3) is 0 Å². The van der Waals surface area contributed by atoms with Gasteiger partial charge in [-0.3, -0.25) is 10.1 Å². The topological polar surface area (TPSA) is 52.6 Å². The zero-order valence-corrected chi connectivity index (χ0v) is 15.0. The van der Waals surface area contributed by atoms with Gasteiger partial charge in [0.1, 0.15) is 0 Å². The van der Waals surface area contributed by atoms with E-state index in [1.807, 2.05) is 61.5 Å². The quantitative estimate of drug-likeness (QED) is 0.619. The summed E-state index contributed by atoms with van der Waals surface area (Å²) in [5.41, 5.74) is 3.18. The Kier molecular flexibility index (Phi) is 7.32. The Morgan fingerprint density at radius 1 is 1.16 bits per heavy atom. The molecule has 2 rings (SSSR count). The molecular weight excluding hydrogens is 332 g/mol. The summed E-state index contributed by atoms with van der Waals surface area (Å²) >= 11 is 5.31. The number of aliphatic hydroxyl groups is 1. The fourth-order valence-corrected chi connectivity index (χ4v) is 2.51. The highest BCUT2D eigenvalue weighted by Crippen LogP contribution is 2.06. The van der Waals surface area contributed by atoms with Crippen molar-refractivity contribution < 1.29 is 9.90 Å². The number of aliphatic hydroxyl groups excluding tert-OH is 1. The van der Waals surface area contributed by atoms with Gasteiger partial charge < -0.3 is 10.0 Å². The van der Waals surface area contributed by atoms with E-state index in [9.17, 15) is 9.90 Å². The van der Waals surface area contributed by atoms with Crippen LogP contribution < -0.4 is 5.32 Å². The molecular formula is C20H22N2O2S. The van der Waals surface area contributed by atoms with Gasteiger partial charge in [-0.2, -0.15) is 0 Å². The van der Waals surface area contributed by atoms with E-state index < -0.39 is 0 Å². The van der Waals surface area contributed by atoms with Crippen LogP contribution in [0.4, 0.5) is 0 Å². The van der Waals surface area contributed by atoms with Gasteiger partial charge in [-0.05, 0) is 36.3 Å². The minimum atomic E-state index is -0.290. The number of hydrogen-bond donors (Lipinski definition) is 2. The first-order chi connectivity index (χ1) is 12.1. The fraction of sp³-hybridized carbons (Fsp3) is 0.200. The third kappa shape index (κ3) is 6.49. The lowest BCUT2D eigenvalue weighted by Gasteiger charge is -2.24. The smallest absolute Gasteiger partial charge is 0.250 e. The molecule has 2 aromatic carbocycles. The molecule has 130 valence electrons. The van der Waals surface area contributed by atoms with E-state index in [-0.39, 0.29) is 12.5 Å². The van der Waals surface area contributed by atoms with Gasteiger partial charge in [-0.25, -0.2) is 0 Å². The van der Waals surface area contributed by atoms with E-state index in [2.05, 4.69) is 5.32 Å². The number of rotatable bonds is 6. The van der Waals surface area contributed by atoms with Crippen molar-refractivity contribution in [1.29, 1.82) is 0 Å². The lowest BCUT2D eigenvalue weighted by molar-refractivity contribution is -0.115. The number of thiocarbonyl (C=S) groups is 1. The predicted octanol–water partition coefficient (Wildman–Crippen LogP) is 2.90. The monoisotopic (exact) mass is 354 g/mol. The Hall–Kier alpha value is -2.50. The Labute approximate surface area is 153 Å². The molecule has 0 aliphatic heterocycles. The molecule has 4 nitrogen and oxygen atoms in total. The van der Waals surface area contributed by atoms with Gasteiger partial charge in [0, 0.05) is 19.2 Å². The Morgan fingerprint density at radius 3 is 2.48 bits per heavy atom. The Bertz CT molecular complexity index is 727. The molecule has 0 aromatic heterocycles. The summed E-state index contributed by atoms with van der Waals surface area (Å²) in [5.74, 6) is -0.290. The number of carbonyl (C=O) groups is 1.